The predicted molar refractivity (Wildman–Crippen MR) is 59.6 cm³/mol. The summed E-state index contributed by atoms with van der Waals surface area (Å²) in [5, 5.41) is 2.96. The van der Waals surface area contributed by atoms with Gasteiger partial charge in [-0.25, -0.2) is 0 Å². The fraction of sp³-hybridized carbons (Fsp3) is 0.700. The molecular weight excluding hydrogens is 194 g/mol. The molecule has 0 radical (unpaired) electrons. The number of nitrogens with two attached hydrogens (primary N) is 1. The topological polar surface area (TPSA) is 73.0 Å². The molecule has 86 valence electrons. The number of aromatic amines is 1. The number of nitrogen functional groups attached to an aromatic ring is 1. The summed E-state index contributed by atoms with van der Waals surface area (Å²) in [6.45, 7) is 5.25. The van der Waals surface area contributed by atoms with Crippen molar-refractivity contribution in [3.63, 3.8) is 0 Å². The summed E-state index contributed by atoms with van der Waals surface area (Å²) in [4.78, 5) is 11.6. The molecule has 0 aliphatic rings. The van der Waals surface area contributed by atoms with E-state index in [-0.39, 0.29) is 11.2 Å². The van der Waals surface area contributed by atoms with E-state index in [9.17, 15) is 4.79 Å². The first-order chi connectivity index (χ1) is 7.06. The van der Waals surface area contributed by atoms with Crippen molar-refractivity contribution in [2.45, 2.75) is 33.4 Å². The first-order valence-corrected chi connectivity index (χ1v) is 5.12. The monoisotopic (exact) mass is 213 g/mol. The Morgan fingerprint density at radius 2 is 2.20 bits per heavy atom. The summed E-state index contributed by atoms with van der Waals surface area (Å²) in [6, 6.07) is 0. The Morgan fingerprint density at radius 3 is 2.73 bits per heavy atom. The van der Waals surface area contributed by atoms with Crippen LogP contribution in [-0.4, -0.2) is 16.9 Å². The molecule has 0 aliphatic heterocycles. The van der Waals surface area contributed by atoms with Crippen LogP contribution in [0.2, 0.25) is 0 Å². The van der Waals surface area contributed by atoms with Gasteiger partial charge in [0.15, 0.2) is 0 Å². The van der Waals surface area contributed by atoms with Gasteiger partial charge in [-0.05, 0) is 12.3 Å². The Morgan fingerprint density at radius 1 is 1.53 bits per heavy atom. The smallest absolute Gasteiger partial charge is 0.290 e. The van der Waals surface area contributed by atoms with Crippen LogP contribution in [0.4, 0.5) is 5.69 Å². The number of hydrogen-bond acceptors (Lipinski definition) is 3. The summed E-state index contributed by atoms with van der Waals surface area (Å²) in [6.07, 6.45) is 0.951. The molecule has 0 aromatic carbocycles. The van der Waals surface area contributed by atoms with Crippen molar-refractivity contribution in [3.05, 3.63) is 16.0 Å². The zero-order chi connectivity index (χ0) is 11.4. The summed E-state index contributed by atoms with van der Waals surface area (Å²) in [5.74, 6) is 0.562. The average Bonchev–Trinajstić information content (AvgIpc) is 2.44. The van der Waals surface area contributed by atoms with Gasteiger partial charge in [0.25, 0.3) is 5.56 Å². The van der Waals surface area contributed by atoms with Gasteiger partial charge in [-0.1, -0.05) is 13.8 Å². The maximum atomic E-state index is 11.6. The Bertz CT molecular complexity index is 365. The van der Waals surface area contributed by atoms with E-state index in [4.69, 9.17) is 10.5 Å². The van der Waals surface area contributed by atoms with Gasteiger partial charge in [0.1, 0.15) is 5.69 Å². The van der Waals surface area contributed by atoms with E-state index in [0.717, 1.165) is 6.42 Å². The molecule has 0 unspecified atom stereocenters. The largest absolute Gasteiger partial charge is 0.393 e. The number of hydrogen-bond donors (Lipinski definition) is 2. The third-order valence-electron chi connectivity index (χ3n) is 2.29. The number of methoxy groups -OCH3 is 1. The fourth-order valence-corrected chi connectivity index (χ4v) is 1.35. The van der Waals surface area contributed by atoms with Crippen LogP contribution in [0.1, 0.15) is 26.0 Å². The maximum Gasteiger partial charge on any atom is 0.290 e. The fourth-order valence-electron chi connectivity index (χ4n) is 1.35. The molecule has 1 rings (SSSR count). The normalized spacial score (nSPS) is 11.2. The number of ether oxygens (including phenoxy) is 1. The van der Waals surface area contributed by atoms with Gasteiger partial charge in [0.05, 0.1) is 12.3 Å². The van der Waals surface area contributed by atoms with Gasteiger partial charge in [0.2, 0.25) is 0 Å². The number of aryl methyl sites for hydroxylation is 1. The molecular formula is C10H19N3O2. The molecule has 15 heavy (non-hydrogen) atoms. The van der Waals surface area contributed by atoms with Crippen LogP contribution in [0.25, 0.3) is 0 Å². The highest BCUT2D eigenvalue weighted by Gasteiger charge is 2.10. The van der Waals surface area contributed by atoms with Gasteiger partial charge < -0.3 is 10.5 Å². The van der Waals surface area contributed by atoms with E-state index in [1.165, 1.54) is 0 Å². The molecule has 1 aromatic heterocycles. The number of aromatic nitrogens is 2. The lowest BCUT2D eigenvalue weighted by atomic mass is 10.1. The first kappa shape index (κ1) is 11.8. The van der Waals surface area contributed by atoms with Crippen LogP contribution in [0.15, 0.2) is 4.79 Å². The van der Waals surface area contributed by atoms with Crippen molar-refractivity contribution < 1.29 is 4.74 Å². The number of anilines is 1. The zero-order valence-corrected chi connectivity index (χ0v) is 9.54. The lowest BCUT2D eigenvalue weighted by molar-refractivity contribution is 0.181. The minimum atomic E-state index is -0.150. The lowest BCUT2D eigenvalue weighted by Gasteiger charge is -2.04. The second-order valence-electron chi connectivity index (χ2n) is 4.08. The molecule has 5 nitrogen and oxygen atoms in total. The Balaban J connectivity index is 2.81. The van der Waals surface area contributed by atoms with E-state index in [2.05, 4.69) is 18.9 Å². The van der Waals surface area contributed by atoms with Crippen LogP contribution in [0, 0.1) is 5.92 Å². The number of nitrogens with one attached hydrogen (secondary N) is 1. The minimum Gasteiger partial charge on any atom is -0.393 e. The molecule has 0 aliphatic carbocycles. The maximum absolute atomic E-state index is 11.6. The van der Waals surface area contributed by atoms with Crippen LogP contribution < -0.4 is 11.3 Å². The van der Waals surface area contributed by atoms with Crippen molar-refractivity contribution in [1.82, 2.24) is 9.78 Å². The highest BCUT2D eigenvalue weighted by Crippen LogP contribution is 2.06. The van der Waals surface area contributed by atoms with Crippen molar-refractivity contribution in [2.24, 2.45) is 5.92 Å². The van der Waals surface area contributed by atoms with Gasteiger partial charge >= 0.3 is 0 Å². The number of rotatable bonds is 5. The third kappa shape index (κ3) is 2.86. The van der Waals surface area contributed by atoms with E-state index >= 15 is 0 Å². The zero-order valence-electron chi connectivity index (χ0n) is 9.54. The van der Waals surface area contributed by atoms with Gasteiger partial charge in [-0.2, -0.15) is 0 Å². The highest BCUT2D eigenvalue weighted by molar-refractivity contribution is 5.40. The van der Waals surface area contributed by atoms with Crippen LogP contribution >= 0.6 is 0 Å². The van der Waals surface area contributed by atoms with E-state index in [0.29, 0.717) is 24.8 Å². The molecule has 0 atom stereocenters. The molecule has 3 N–H and O–H groups in total. The van der Waals surface area contributed by atoms with Gasteiger partial charge in [-0.3, -0.25) is 14.6 Å². The van der Waals surface area contributed by atoms with Crippen molar-refractivity contribution in [3.8, 4) is 0 Å². The first-order valence-electron chi connectivity index (χ1n) is 5.12. The highest BCUT2D eigenvalue weighted by atomic mass is 16.5. The van der Waals surface area contributed by atoms with Crippen LogP contribution in [0.5, 0.6) is 0 Å². The summed E-state index contributed by atoms with van der Waals surface area (Å²) < 4.78 is 6.48. The summed E-state index contributed by atoms with van der Waals surface area (Å²) in [5.41, 5.74) is 6.42. The van der Waals surface area contributed by atoms with Crippen molar-refractivity contribution in [2.75, 3.05) is 12.8 Å². The molecule has 5 heteroatoms. The number of nitrogens with zero attached hydrogens (tertiary/aromatic N) is 1. The Kier molecular flexibility index (Phi) is 3.96. The van der Waals surface area contributed by atoms with Crippen molar-refractivity contribution in [1.29, 1.82) is 0 Å². The Hall–Kier alpha value is -1.23. The second-order valence-corrected chi connectivity index (χ2v) is 4.08. The van der Waals surface area contributed by atoms with Crippen LogP contribution in [-0.2, 0) is 17.9 Å². The van der Waals surface area contributed by atoms with Crippen LogP contribution in [0.3, 0.4) is 0 Å². The third-order valence-corrected chi connectivity index (χ3v) is 2.29. The average molecular weight is 213 g/mol. The molecule has 0 saturated heterocycles. The SMILES string of the molecule is COCc1[nH]n(CCC(C)C)c(=O)c1N. The predicted octanol–water partition coefficient (Wildman–Crippen LogP) is 0.951. The van der Waals surface area contributed by atoms with Crippen molar-refractivity contribution >= 4 is 5.69 Å². The Labute approximate surface area is 89.2 Å². The molecule has 0 amide bonds. The molecule has 1 aromatic rings. The molecule has 0 spiro atoms. The quantitative estimate of drug-likeness (QED) is 0.764. The van der Waals surface area contributed by atoms with Gasteiger partial charge in [-0.15, -0.1) is 0 Å². The molecule has 0 bridgehead atoms. The van der Waals surface area contributed by atoms with Gasteiger partial charge in [0, 0.05) is 13.7 Å². The summed E-state index contributed by atoms with van der Waals surface area (Å²) in [7, 11) is 1.57. The number of H-pyrrole nitrogens is 1. The summed E-state index contributed by atoms with van der Waals surface area (Å²) >= 11 is 0. The van der Waals surface area contributed by atoms with E-state index in [1.807, 2.05) is 0 Å². The van der Waals surface area contributed by atoms with E-state index in [1.54, 1.807) is 11.8 Å². The molecule has 1 heterocycles. The second kappa shape index (κ2) is 5.02. The molecule has 0 fully saturated rings. The standard InChI is InChI=1S/C10H19N3O2/c1-7(2)4-5-13-10(14)9(11)8(12-13)6-15-3/h7,12H,4-6,11H2,1-3H3. The minimum absolute atomic E-state index is 0.150. The molecule has 0 saturated carbocycles. The van der Waals surface area contributed by atoms with E-state index < -0.39 is 0 Å². The lowest BCUT2D eigenvalue weighted by Crippen LogP contribution is -2.19.